The molecule has 1 N–H and O–H groups in total. The van der Waals surface area contributed by atoms with Gasteiger partial charge in [0.05, 0.1) is 21.9 Å². The Bertz CT molecular complexity index is 603. The van der Waals surface area contributed by atoms with Crippen LogP contribution in [0.3, 0.4) is 0 Å². The van der Waals surface area contributed by atoms with Gasteiger partial charge in [0.1, 0.15) is 0 Å². The number of hydrogen-bond donors (Lipinski definition) is 1. The van der Waals surface area contributed by atoms with Crippen LogP contribution in [0.2, 0.25) is 0 Å². The highest BCUT2D eigenvalue weighted by atomic mass is 32.2. The molecule has 2 heterocycles. The third-order valence-electron chi connectivity index (χ3n) is 2.85. The largest absolute Gasteiger partial charge is 0.389 e. The molecule has 5 nitrogen and oxygen atoms in total. The van der Waals surface area contributed by atoms with Crippen LogP contribution in [0, 0.1) is 0 Å². The minimum Gasteiger partial charge on any atom is -0.389 e. The van der Waals surface area contributed by atoms with Gasteiger partial charge in [0, 0.05) is 25.4 Å². The second-order valence-electron chi connectivity index (χ2n) is 5.71. The minimum absolute atomic E-state index is 0.00546. The summed E-state index contributed by atoms with van der Waals surface area (Å²) in [6, 6.07) is 5.86. The number of nitrogens with zero attached hydrogens (tertiary/aromatic N) is 2. The highest BCUT2D eigenvalue weighted by Gasteiger charge is 2.19. The van der Waals surface area contributed by atoms with Gasteiger partial charge in [-0.2, -0.15) is 0 Å². The molecule has 0 saturated heterocycles. The van der Waals surface area contributed by atoms with Crippen LogP contribution in [0.4, 0.5) is 0 Å². The summed E-state index contributed by atoms with van der Waals surface area (Å²) in [6.07, 6.45) is 0. The molecule has 1 amide bonds. The predicted octanol–water partition coefficient (Wildman–Crippen LogP) is 2.87. The van der Waals surface area contributed by atoms with Crippen molar-refractivity contribution in [3.8, 4) is 10.6 Å². The highest BCUT2D eigenvalue weighted by Crippen LogP contribution is 2.26. The fourth-order valence-electron chi connectivity index (χ4n) is 1.94. The molecule has 0 aromatic carbocycles. The quantitative estimate of drug-likeness (QED) is 0.839. The van der Waals surface area contributed by atoms with E-state index in [1.54, 1.807) is 37.1 Å². The van der Waals surface area contributed by atoms with Crippen molar-refractivity contribution in [1.82, 2.24) is 10.1 Å². The van der Waals surface area contributed by atoms with Gasteiger partial charge in [-0.3, -0.25) is 4.79 Å². The van der Waals surface area contributed by atoms with Crippen molar-refractivity contribution in [1.29, 1.82) is 0 Å². The molecule has 2 rings (SSSR count). The number of likely N-dealkylation sites (N-methyl/N-ethyl adjacent to an activating group) is 1. The van der Waals surface area contributed by atoms with Crippen LogP contribution in [-0.2, 0) is 10.5 Å². The van der Waals surface area contributed by atoms with Gasteiger partial charge < -0.3 is 14.5 Å². The van der Waals surface area contributed by atoms with E-state index in [-0.39, 0.29) is 5.91 Å². The van der Waals surface area contributed by atoms with Crippen LogP contribution in [0.5, 0.6) is 0 Å². The van der Waals surface area contributed by atoms with Gasteiger partial charge >= 0.3 is 0 Å². The Hall–Kier alpha value is -1.31. The first-order valence-corrected chi connectivity index (χ1v) is 8.92. The third kappa shape index (κ3) is 5.15. The van der Waals surface area contributed by atoms with E-state index in [0.29, 0.717) is 18.1 Å². The monoisotopic (exact) mass is 340 g/mol. The Morgan fingerprint density at radius 1 is 1.55 bits per heavy atom. The van der Waals surface area contributed by atoms with Gasteiger partial charge in [-0.15, -0.1) is 23.1 Å². The van der Waals surface area contributed by atoms with E-state index in [4.69, 9.17) is 4.52 Å². The average molecular weight is 340 g/mol. The van der Waals surface area contributed by atoms with Crippen LogP contribution in [0.25, 0.3) is 10.6 Å². The van der Waals surface area contributed by atoms with Crippen LogP contribution in [0.1, 0.15) is 19.5 Å². The fraction of sp³-hybridized carbons (Fsp3) is 0.467. The summed E-state index contributed by atoms with van der Waals surface area (Å²) >= 11 is 3.09. The molecule has 0 atom stereocenters. The second-order valence-corrected chi connectivity index (χ2v) is 7.65. The van der Waals surface area contributed by atoms with Crippen LogP contribution >= 0.6 is 23.1 Å². The van der Waals surface area contributed by atoms with E-state index in [2.05, 4.69) is 5.16 Å². The number of aromatic nitrogens is 1. The average Bonchev–Trinajstić information content (AvgIpc) is 3.07. The number of aliphatic hydroxyl groups is 1. The number of hydrogen-bond acceptors (Lipinski definition) is 6. The number of rotatable bonds is 7. The van der Waals surface area contributed by atoms with E-state index in [1.165, 1.54) is 11.8 Å². The van der Waals surface area contributed by atoms with E-state index in [0.717, 1.165) is 16.3 Å². The first-order valence-electron chi connectivity index (χ1n) is 6.89. The van der Waals surface area contributed by atoms with Gasteiger partial charge in [-0.1, -0.05) is 11.2 Å². The van der Waals surface area contributed by atoms with Crippen molar-refractivity contribution in [2.45, 2.75) is 25.2 Å². The molecule has 0 unspecified atom stereocenters. The molecule has 2 aromatic rings. The molecule has 0 spiro atoms. The molecular weight excluding hydrogens is 320 g/mol. The van der Waals surface area contributed by atoms with Gasteiger partial charge in [-0.05, 0) is 25.3 Å². The summed E-state index contributed by atoms with van der Waals surface area (Å²) in [5.74, 6) is 1.73. The zero-order chi connectivity index (χ0) is 16.2. The number of thioether (sulfide) groups is 1. The highest BCUT2D eigenvalue weighted by molar-refractivity contribution is 7.99. The topological polar surface area (TPSA) is 66.6 Å². The molecule has 0 bridgehead atoms. The molecule has 22 heavy (non-hydrogen) atoms. The lowest BCUT2D eigenvalue weighted by atomic mass is 10.1. The van der Waals surface area contributed by atoms with Crippen LogP contribution < -0.4 is 0 Å². The van der Waals surface area contributed by atoms with Gasteiger partial charge in [-0.25, -0.2) is 0 Å². The molecule has 2 aromatic heterocycles. The lowest BCUT2D eigenvalue weighted by molar-refractivity contribution is -0.129. The van der Waals surface area contributed by atoms with Crippen LogP contribution in [-0.4, -0.2) is 46.0 Å². The summed E-state index contributed by atoms with van der Waals surface area (Å²) in [5.41, 5.74) is -0.0529. The zero-order valence-corrected chi connectivity index (χ0v) is 14.5. The first kappa shape index (κ1) is 17.1. The SMILES string of the molecule is CN(CC(C)(C)O)C(=O)CSCc1cc(-c2cccs2)on1. The molecule has 0 aliphatic heterocycles. The van der Waals surface area contributed by atoms with Crippen molar-refractivity contribution < 1.29 is 14.4 Å². The maximum atomic E-state index is 12.0. The molecular formula is C15H20N2O3S2. The molecule has 0 aliphatic rings. The Balaban J connectivity index is 1.78. The Kier molecular flexibility index (Phi) is 5.66. The molecule has 120 valence electrons. The molecule has 0 fully saturated rings. The summed E-state index contributed by atoms with van der Waals surface area (Å²) in [5, 5.41) is 15.7. The summed E-state index contributed by atoms with van der Waals surface area (Å²) in [6.45, 7) is 3.69. The zero-order valence-electron chi connectivity index (χ0n) is 12.9. The van der Waals surface area contributed by atoms with Crippen LogP contribution in [0.15, 0.2) is 28.1 Å². The maximum absolute atomic E-state index is 12.0. The Morgan fingerprint density at radius 3 is 2.95 bits per heavy atom. The number of thiophene rings is 1. The number of amides is 1. The number of carbonyl (C=O) groups is 1. The van der Waals surface area contributed by atoms with E-state index >= 15 is 0 Å². The van der Waals surface area contributed by atoms with Crippen molar-refractivity contribution >= 4 is 29.0 Å². The molecule has 0 radical (unpaired) electrons. The molecule has 0 saturated carbocycles. The summed E-state index contributed by atoms with van der Waals surface area (Å²) < 4.78 is 5.30. The third-order valence-corrected chi connectivity index (χ3v) is 4.68. The Labute approximate surface area is 138 Å². The normalized spacial score (nSPS) is 11.6. The van der Waals surface area contributed by atoms with E-state index in [9.17, 15) is 9.90 Å². The lowest BCUT2D eigenvalue weighted by Crippen LogP contribution is -2.40. The summed E-state index contributed by atoms with van der Waals surface area (Å²) in [7, 11) is 1.70. The van der Waals surface area contributed by atoms with E-state index < -0.39 is 5.60 Å². The molecule has 7 heteroatoms. The van der Waals surface area contributed by atoms with Gasteiger partial charge in [0.2, 0.25) is 5.91 Å². The van der Waals surface area contributed by atoms with Crippen molar-refractivity contribution in [2.24, 2.45) is 0 Å². The Morgan fingerprint density at radius 2 is 2.32 bits per heavy atom. The maximum Gasteiger partial charge on any atom is 0.232 e. The van der Waals surface area contributed by atoms with Gasteiger partial charge in [0.25, 0.3) is 0 Å². The van der Waals surface area contributed by atoms with E-state index in [1.807, 2.05) is 23.6 Å². The first-order chi connectivity index (χ1) is 10.3. The van der Waals surface area contributed by atoms with Crippen molar-refractivity contribution in [3.63, 3.8) is 0 Å². The second kappa shape index (κ2) is 7.30. The van der Waals surface area contributed by atoms with Gasteiger partial charge in [0.15, 0.2) is 5.76 Å². The molecule has 0 aliphatic carbocycles. The standard InChI is InChI=1S/C15H20N2O3S2/c1-15(2,19)10-17(3)14(18)9-21-8-11-7-12(20-16-11)13-5-4-6-22-13/h4-7,19H,8-10H2,1-3H3. The minimum atomic E-state index is -0.878. The fourth-order valence-corrected chi connectivity index (χ4v) is 3.45. The van der Waals surface area contributed by atoms with Crippen molar-refractivity contribution in [2.75, 3.05) is 19.3 Å². The van der Waals surface area contributed by atoms with Crippen molar-refractivity contribution in [3.05, 3.63) is 29.3 Å². The predicted molar refractivity (Wildman–Crippen MR) is 89.9 cm³/mol. The summed E-state index contributed by atoms with van der Waals surface area (Å²) in [4.78, 5) is 14.5. The number of carbonyl (C=O) groups excluding carboxylic acids is 1. The lowest BCUT2D eigenvalue weighted by Gasteiger charge is -2.25. The smallest absolute Gasteiger partial charge is 0.232 e.